The first kappa shape index (κ1) is 14.8. The summed E-state index contributed by atoms with van der Waals surface area (Å²) in [6.45, 7) is 1.08. The monoisotopic (exact) mass is 287 g/mol. The standard InChI is InChI=1S/C14H16F3NO2/c15-14(16,17)12-6-2-1-4-10(12)8-18-7-3-5-11(9-18)13(19)20/h1-2,4,6,11H,3,5,7-9H2,(H,19,20). The zero-order valence-electron chi connectivity index (χ0n) is 10.9. The van der Waals surface area contributed by atoms with Crippen molar-refractivity contribution in [1.82, 2.24) is 4.90 Å². The zero-order chi connectivity index (χ0) is 14.8. The first-order chi connectivity index (χ1) is 9.38. The van der Waals surface area contributed by atoms with E-state index in [1.165, 1.54) is 12.1 Å². The van der Waals surface area contributed by atoms with Crippen LogP contribution in [-0.2, 0) is 17.5 Å². The average molecular weight is 287 g/mol. The molecule has 110 valence electrons. The second kappa shape index (κ2) is 5.83. The van der Waals surface area contributed by atoms with Crippen LogP contribution in [0.2, 0.25) is 0 Å². The molecule has 20 heavy (non-hydrogen) atoms. The lowest BCUT2D eigenvalue weighted by Gasteiger charge is -2.31. The van der Waals surface area contributed by atoms with Gasteiger partial charge >= 0.3 is 12.1 Å². The molecule has 1 N–H and O–H groups in total. The van der Waals surface area contributed by atoms with Crippen molar-refractivity contribution in [2.24, 2.45) is 5.92 Å². The second-order valence-electron chi connectivity index (χ2n) is 5.07. The van der Waals surface area contributed by atoms with E-state index in [9.17, 15) is 18.0 Å². The van der Waals surface area contributed by atoms with Crippen LogP contribution in [0, 0.1) is 5.92 Å². The van der Waals surface area contributed by atoms with Crippen LogP contribution in [0.5, 0.6) is 0 Å². The second-order valence-corrected chi connectivity index (χ2v) is 5.07. The van der Waals surface area contributed by atoms with Crippen LogP contribution < -0.4 is 0 Å². The highest BCUT2D eigenvalue weighted by Crippen LogP contribution is 2.32. The molecule has 2 rings (SSSR count). The lowest BCUT2D eigenvalue weighted by Crippen LogP contribution is -2.38. The molecule has 1 aliphatic rings. The third kappa shape index (κ3) is 3.50. The Morgan fingerprint density at radius 2 is 2.05 bits per heavy atom. The fourth-order valence-electron chi connectivity index (χ4n) is 2.58. The Hall–Kier alpha value is -1.56. The van der Waals surface area contributed by atoms with Gasteiger partial charge in [-0.3, -0.25) is 9.69 Å². The van der Waals surface area contributed by atoms with Gasteiger partial charge in [-0.2, -0.15) is 13.2 Å². The maximum absolute atomic E-state index is 12.9. The summed E-state index contributed by atoms with van der Waals surface area (Å²) in [6, 6.07) is 5.45. The predicted octanol–water partition coefficient (Wildman–Crippen LogP) is 3.00. The van der Waals surface area contributed by atoms with Crippen LogP contribution in [0.4, 0.5) is 13.2 Å². The number of piperidine rings is 1. The summed E-state index contributed by atoms with van der Waals surface area (Å²) in [5, 5.41) is 9.00. The summed E-state index contributed by atoms with van der Waals surface area (Å²) in [6.07, 6.45) is -3.09. The largest absolute Gasteiger partial charge is 0.481 e. The first-order valence-corrected chi connectivity index (χ1v) is 6.48. The van der Waals surface area contributed by atoms with Crippen molar-refractivity contribution in [3.8, 4) is 0 Å². The first-order valence-electron chi connectivity index (χ1n) is 6.48. The van der Waals surface area contributed by atoms with Gasteiger partial charge in [0, 0.05) is 13.1 Å². The Morgan fingerprint density at radius 3 is 2.70 bits per heavy atom. The molecule has 0 aliphatic carbocycles. The Labute approximate surface area is 115 Å². The number of benzene rings is 1. The lowest BCUT2D eigenvalue weighted by atomic mass is 9.97. The molecule has 1 aromatic carbocycles. The molecule has 1 atom stereocenters. The van der Waals surface area contributed by atoms with Gasteiger partial charge in [0.2, 0.25) is 0 Å². The van der Waals surface area contributed by atoms with Gasteiger partial charge in [0.15, 0.2) is 0 Å². The predicted molar refractivity (Wildman–Crippen MR) is 67.1 cm³/mol. The molecule has 1 heterocycles. The van der Waals surface area contributed by atoms with Gasteiger partial charge in [-0.1, -0.05) is 18.2 Å². The van der Waals surface area contributed by atoms with Crippen molar-refractivity contribution in [2.75, 3.05) is 13.1 Å². The summed E-state index contributed by atoms with van der Waals surface area (Å²) in [7, 11) is 0. The van der Waals surface area contributed by atoms with Crippen LogP contribution in [0.3, 0.4) is 0 Å². The number of likely N-dealkylation sites (tertiary alicyclic amines) is 1. The molecule has 1 aliphatic heterocycles. The highest BCUT2D eigenvalue weighted by Gasteiger charge is 2.34. The molecule has 1 saturated heterocycles. The van der Waals surface area contributed by atoms with Crippen LogP contribution in [0.15, 0.2) is 24.3 Å². The average Bonchev–Trinajstić information content (AvgIpc) is 2.38. The molecular formula is C14H16F3NO2. The van der Waals surface area contributed by atoms with E-state index < -0.39 is 23.6 Å². The zero-order valence-corrected chi connectivity index (χ0v) is 10.9. The van der Waals surface area contributed by atoms with E-state index in [0.29, 0.717) is 25.9 Å². The number of hydrogen-bond acceptors (Lipinski definition) is 2. The fraction of sp³-hybridized carbons (Fsp3) is 0.500. The van der Waals surface area contributed by atoms with Crippen molar-refractivity contribution < 1.29 is 23.1 Å². The van der Waals surface area contributed by atoms with E-state index in [1.54, 1.807) is 11.0 Å². The Morgan fingerprint density at radius 1 is 1.35 bits per heavy atom. The number of carboxylic acids is 1. The van der Waals surface area contributed by atoms with Crippen molar-refractivity contribution in [2.45, 2.75) is 25.6 Å². The topological polar surface area (TPSA) is 40.5 Å². The quantitative estimate of drug-likeness (QED) is 0.929. The third-order valence-electron chi connectivity index (χ3n) is 3.57. The molecule has 1 aromatic rings. The van der Waals surface area contributed by atoms with E-state index in [0.717, 1.165) is 6.07 Å². The molecule has 0 amide bonds. The van der Waals surface area contributed by atoms with Crippen molar-refractivity contribution in [1.29, 1.82) is 0 Å². The normalized spacial score (nSPS) is 20.9. The minimum absolute atomic E-state index is 0.138. The molecule has 0 aromatic heterocycles. The van der Waals surface area contributed by atoms with Crippen molar-refractivity contribution >= 4 is 5.97 Å². The Balaban J connectivity index is 2.12. The van der Waals surface area contributed by atoms with Gasteiger partial charge in [-0.25, -0.2) is 0 Å². The van der Waals surface area contributed by atoms with Crippen molar-refractivity contribution in [3.63, 3.8) is 0 Å². The van der Waals surface area contributed by atoms with E-state index in [-0.39, 0.29) is 12.1 Å². The van der Waals surface area contributed by atoms with Gasteiger partial charge in [0.1, 0.15) is 0 Å². The number of hydrogen-bond donors (Lipinski definition) is 1. The third-order valence-corrected chi connectivity index (χ3v) is 3.57. The molecule has 0 saturated carbocycles. The highest BCUT2D eigenvalue weighted by molar-refractivity contribution is 5.70. The number of alkyl halides is 3. The van der Waals surface area contributed by atoms with Gasteiger partial charge in [-0.15, -0.1) is 0 Å². The Kier molecular flexibility index (Phi) is 4.32. The van der Waals surface area contributed by atoms with Crippen LogP contribution >= 0.6 is 0 Å². The molecule has 3 nitrogen and oxygen atoms in total. The molecule has 0 spiro atoms. The summed E-state index contributed by atoms with van der Waals surface area (Å²) < 4.78 is 38.7. The smallest absolute Gasteiger partial charge is 0.416 e. The van der Waals surface area contributed by atoms with Gasteiger partial charge in [0.25, 0.3) is 0 Å². The number of aliphatic carboxylic acids is 1. The SMILES string of the molecule is O=C(O)C1CCCN(Cc2ccccc2C(F)(F)F)C1. The lowest BCUT2D eigenvalue weighted by molar-refractivity contribution is -0.144. The highest BCUT2D eigenvalue weighted by atomic mass is 19.4. The number of carboxylic acid groups (broad SMARTS) is 1. The number of nitrogens with zero attached hydrogens (tertiary/aromatic N) is 1. The van der Waals surface area contributed by atoms with E-state index >= 15 is 0 Å². The van der Waals surface area contributed by atoms with Crippen LogP contribution in [0.1, 0.15) is 24.0 Å². The summed E-state index contributed by atoms with van der Waals surface area (Å²) in [4.78, 5) is 12.8. The molecule has 1 fully saturated rings. The van der Waals surface area contributed by atoms with Gasteiger partial charge in [0.05, 0.1) is 11.5 Å². The number of rotatable bonds is 3. The van der Waals surface area contributed by atoms with Crippen LogP contribution in [-0.4, -0.2) is 29.1 Å². The number of carbonyl (C=O) groups is 1. The molecule has 0 bridgehead atoms. The Bertz CT molecular complexity index is 488. The van der Waals surface area contributed by atoms with Crippen molar-refractivity contribution in [3.05, 3.63) is 35.4 Å². The van der Waals surface area contributed by atoms with Gasteiger partial charge < -0.3 is 5.11 Å². The summed E-state index contributed by atoms with van der Waals surface area (Å²) in [5.74, 6) is -1.36. The van der Waals surface area contributed by atoms with E-state index in [2.05, 4.69) is 0 Å². The minimum atomic E-state index is -4.38. The van der Waals surface area contributed by atoms with E-state index in [4.69, 9.17) is 5.11 Å². The van der Waals surface area contributed by atoms with Gasteiger partial charge in [-0.05, 0) is 31.0 Å². The summed E-state index contributed by atoms with van der Waals surface area (Å²) in [5.41, 5.74) is -0.441. The molecular weight excluding hydrogens is 271 g/mol. The number of halogens is 3. The fourth-order valence-corrected chi connectivity index (χ4v) is 2.58. The minimum Gasteiger partial charge on any atom is -0.481 e. The van der Waals surface area contributed by atoms with E-state index in [1.807, 2.05) is 0 Å². The molecule has 6 heteroatoms. The maximum Gasteiger partial charge on any atom is 0.416 e. The summed E-state index contributed by atoms with van der Waals surface area (Å²) >= 11 is 0. The molecule has 1 unspecified atom stereocenters. The maximum atomic E-state index is 12.9. The van der Waals surface area contributed by atoms with Crippen LogP contribution in [0.25, 0.3) is 0 Å². The molecule has 0 radical (unpaired) electrons.